The van der Waals surface area contributed by atoms with E-state index in [0.717, 1.165) is 16.2 Å². The maximum atomic E-state index is 13.3. The van der Waals surface area contributed by atoms with Gasteiger partial charge in [0.2, 0.25) is 0 Å². The summed E-state index contributed by atoms with van der Waals surface area (Å²) >= 11 is 0.917. The number of nitrogens with zero attached hydrogens (tertiary/aromatic N) is 2. The van der Waals surface area contributed by atoms with Crippen LogP contribution in [0.15, 0.2) is 48.0 Å². The van der Waals surface area contributed by atoms with Crippen molar-refractivity contribution in [3.63, 3.8) is 0 Å². The van der Waals surface area contributed by atoms with Crippen LogP contribution in [0.2, 0.25) is 0 Å². The second kappa shape index (κ2) is 9.58. The number of carbonyl (C=O) groups excluding carboxylic acids is 3. The van der Waals surface area contributed by atoms with Crippen molar-refractivity contribution in [3.8, 4) is 17.2 Å². The fraction of sp³-hybridized carbons (Fsp3) is 0.231. The molecule has 0 saturated carbocycles. The number of phenols is 1. The van der Waals surface area contributed by atoms with Gasteiger partial charge in [0, 0.05) is 5.56 Å². The van der Waals surface area contributed by atoms with Crippen LogP contribution in [-0.4, -0.2) is 52.7 Å². The van der Waals surface area contributed by atoms with E-state index in [1.165, 1.54) is 18.2 Å². The highest BCUT2D eigenvalue weighted by atomic mass is 32.1. The normalized spacial score (nSPS) is 18.2. The first-order chi connectivity index (χ1) is 17.8. The Labute approximate surface area is 215 Å². The first-order valence-corrected chi connectivity index (χ1v) is 12.3. The molecule has 190 valence electrons. The molecular formula is C26H22N2O8S. The Hall–Kier alpha value is -4.38. The van der Waals surface area contributed by atoms with Gasteiger partial charge in [0.1, 0.15) is 29.6 Å². The molecule has 0 aliphatic carbocycles. The molecule has 2 aliphatic heterocycles. The van der Waals surface area contributed by atoms with E-state index >= 15 is 0 Å². The molecule has 1 aromatic heterocycles. The summed E-state index contributed by atoms with van der Waals surface area (Å²) in [4.78, 5) is 44.8. The number of phenolic OH excluding ortho intramolecular Hbond substituents is 1. The number of aromatic hydroxyl groups is 1. The lowest BCUT2D eigenvalue weighted by atomic mass is 9.95. The summed E-state index contributed by atoms with van der Waals surface area (Å²) in [6, 6.07) is 9.56. The highest BCUT2D eigenvalue weighted by molar-refractivity contribution is 7.17. The molecule has 0 bridgehead atoms. The Morgan fingerprint density at radius 3 is 2.54 bits per heavy atom. The lowest BCUT2D eigenvalue weighted by molar-refractivity contribution is -0.132. The van der Waals surface area contributed by atoms with Gasteiger partial charge < -0.3 is 24.4 Å². The number of hydrogen-bond acceptors (Lipinski definition) is 10. The van der Waals surface area contributed by atoms with Crippen molar-refractivity contribution in [2.45, 2.75) is 19.9 Å². The molecule has 3 aromatic rings. The predicted molar refractivity (Wildman–Crippen MR) is 133 cm³/mol. The number of rotatable bonds is 5. The van der Waals surface area contributed by atoms with Gasteiger partial charge >= 0.3 is 11.9 Å². The lowest BCUT2D eigenvalue weighted by Crippen LogP contribution is -2.29. The SMILES string of the molecule is CCOC(=O)c1sc(N2C(=O)C(=O)/C(=C(/O)c3ccc4c(c3)OCCO4)C2c2ccc(O)cc2)nc1C. The molecule has 2 aromatic carbocycles. The van der Waals surface area contributed by atoms with Crippen molar-refractivity contribution < 1.29 is 38.8 Å². The molecule has 2 N–H and O–H groups in total. The summed E-state index contributed by atoms with van der Waals surface area (Å²) < 4.78 is 16.2. The molecule has 0 spiro atoms. The van der Waals surface area contributed by atoms with Gasteiger partial charge in [-0.3, -0.25) is 14.5 Å². The van der Waals surface area contributed by atoms with Crippen LogP contribution in [0.4, 0.5) is 5.13 Å². The van der Waals surface area contributed by atoms with Crippen molar-refractivity contribution in [1.29, 1.82) is 0 Å². The van der Waals surface area contributed by atoms with Gasteiger partial charge in [-0.1, -0.05) is 23.5 Å². The minimum atomic E-state index is -1.07. The number of anilines is 1. The Morgan fingerprint density at radius 1 is 1.14 bits per heavy atom. The summed E-state index contributed by atoms with van der Waals surface area (Å²) in [7, 11) is 0. The van der Waals surface area contributed by atoms with Crippen molar-refractivity contribution in [3.05, 3.63) is 69.7 Å². The molecular weight excluding hydrogens is 500 g/mol. The Bertz CT molecular complexity index is 1440. The van der Waals surface area contributed by atoms with Gasteiger partial charge in [-0.2, -0.15) is 0 Å². The molecule has 1 fully saturated rings. The smallest absolute Gasteiger partial charge is 0.350 e. The number of ketones is 1. The van der Waals surface area contributed by atoms with Crippen molar-refractivity contribution in [2.75, 3.05) is 24.7 Å². The molecule has 2 aliphatic rings. The first kappa shape index (κ1) is 24.3. The zero-order valence-corrected chi connectivity index (χ0v) is 20.7. The van der Waals surface area contributed by atoms with E-state index in [1.807, 2.05) is 0 Å². The summed E-state index contributed by atoms with van der Waals surface area (Å²) in [6.45, 7) is 4.18. The molecule has 3 heterocycles. The van der Waals surface area contributed by atoms with Crippen molar-refractivity contribution >= 4 is 39.9 Å². The fourth-order valence-electron chi connectivity index (χ4n) is 4.22. The first-order valence-electron chi connectivity index (χ1n) is 11.4. The second-order valence-electron chi connectivity index (χ2n) is 8.25. The quantitative estimate of drug-likeness (QED) is 0.222. The standard InChI is InChI=1S/C26H22N2O8S/c1-3-34-25(33)23-13(2)27-26(37-23)28-20(14-4-7-16(29)8-5-14)19(22(31)24(28)32)21(30)15-6-9-17-18(12-15)36-11-10-35-17/h4-9,12,20,29-30H,3,10-11H2,1-2H3/b21-19+. The summed E-state index contributed by atoms with van der Waals surface area (Å²) in [6.07, 6.45) is 0. The van der Waals surface area contributed by atoms with Crippen LogP contribution in [0.1, 0.15) is 39.5 Å². The minimum Gasteiger partial charge on any atom is -0.508 e. The largest absolute Gasteiger partial charge is 0.508 e. The number of esters is 1. The van der Waals surface area contributed by atoms with E-state index in [1.54, 1.807) is 38.1 Å². The van der Waals surface area contributed by atoms with E-state index in [4.69, 9.17) is 14.2 Å². The maximum absolute atomic E-state index is 13.3. The third-order valence-corrected chi connectivity index (χ3v) is 7.06. The molecule has 1 unspecified atom stereocenters. The highest BCUT2D eigenvalue weighted by Gasteiger charge is 2.48. The van der Waals surface area contributed by atoms with E-state index in [0.29, 0.717) is 36.0 Å². The average molecular weight is 523 g/mol. The molecule has 10 nitrogen and oxygen atoms in total. The topological polar surface area (TPSA) is 135 Å². The van der Waals surface area contributed by atoms with E-state index < -0.39 is 29.5 Å². The highest BCUT2D eigenvalue weighted by Crippen LogP contribution is 2.45. The summed E-state index contributed by atoms with van der Waals surface area (Å²) in [5.41, 5.74) is 0.879. The number of amides is 1. The van der Waals surface area contributed by atoms with Crippen LogP contribution < -0.4 is 14.4 Å². The molecule has 1 atom stereocenters. The van der Waals surface area contributed by atoms with Gasteiger partial charge in [0.15, 0.2) is 16.6 Å². The van der Waals surface area contributed by atoms with Crippen LogP contribution in [0, 0.1) is 6.92 Å². The van der Waals surface area contributed by atoms with E-state index in [-0.39, 0.29) is 33.5 Å². The zero-order valence-electron chi connectivity index (χ0n) is 19.9. The molecule has 5 rings (SSSR count). The monoisotopic (exact) mass is 522 g/mol. The van der Waals surface area contributed by atoms with E-state index in [9.17, 15) is 24.6 Å². The molecule has 1 saturated heterocycles. The van der Waals surface area contributed by atoms with Crippen LogP contribution in [0.25, 0.3) is 5.76 Å². The van der Waals surface area contributed by atoms with Gasteiger partial charge in [-0.15, -0.1) is 0 Å². The number of hydrogen-bond donors (Lipinski definition) is 2. The van der Waals surface area contributed by atoms with Gasteiger partial charge in [0.05, 0.1) is 23.9 Å². The molecule has 37 heavy (non-hydrogen) atoms. The van der Waals surface area contributed by atoms with Gasteiger partial charge in [-0.05, 0) is 49.7 Å². The predicted octanol–water partition coefficient (Wildman–Crippen LogP) is 3.73. The summed E-state index contributed by atoms with van der Waals surface area (Å²) in [5.74, 6) is -1.93. The van der Waals surface area contributed by atoms with Crippen LogP contribution in [-0.2, 0) is 14.3 Å². The summed E-state index contributed by atoms with van der Waals surface area (Å²) in [5, 5.41) is 21.2. The Morgan fingerprint density at radius 2 is 1.84 bits per heavy atom. The number of carbonyl (C=O) groups is 3. The number of aliphatic hydroxyl groups is 1. The van der Waals surface area contributed by atoms with Crippen molar-refractivity contribution in [1.82, 2.24) is 4.98 Å². The second-order valence-corrected chi connectivity index (χ2v) is 9.23. The van der Waals surface area contributed by atoms with Gasteiger partial charge in [-0.25, -0.2) is 9.78 Å². The number of benzene rings is 2. The number of fused-ring (bicyclic) bond motifs is 1. The van der Waals surface area contributed by atoms with Crippen LogP contribution in [0.3, 0.4) is 0 Å². The minimum absolute atomic E-state index is 0.0118. The molecule has 1 amide bonds. The Balaban J connectivity index is 1.66. The number of ether oxygens (including phenoxy) is 3. The number of Topliss-reactive ketones (excluding diaryl/α,β-unsaturated/α-hetero) is 1. The van der Waals surface area contributed by atoms with E-state index in [2.05, 4.69) is 4.98 Å². The number of aromatic nitrogens is 1. The third kappa shape index (κ3) is 4.27. The lowest BCUT2D eigenvalue weighted by Gasteiger charge is -2.23. The Kier molecular flexibility index (Phi) is 6.30. The zero-order chi connectivity index (χ0) is 26.3. The third-order valence-electron chi connectivity index (χ3n) is 5.92. The van der Waals surface area contributed by atoms with Crippen molar-refractivity contribution in [2.24, 2.45) is 0 Å². The average Bonchev–Trinajstić information content (AvgIpc) is 3.40. The van der Waals surface area contributed by atoms with Crippen LogP contribution in [0.5, 0.6) is 17.2 Å². The van der Waals surface area contributed by atoms with Crippen LogP contribution >= 0.6 is 11.3 Å². The van der Waals surface area contributed by atoms with Gasteiger partial charge in [0.25, 0.3) is 5.78 Å². The maximum Gasteiger partial charge on any atom is 0.350 e. The number of aryl methyl sites for hydroxylation is 1. The molecule has 11 heteroatoms. The number of aliphatic hydroxyl groups excluding tert-OH is 1. The fourth-order valence-corrected chi connectivity index (χ4v) is 5.21. The molecule has 0 radical (unpaired) electrons. The number of thiazole rings is 1.